The predicted octanol–water partition coefficient (Wildman–Crippen LogP) is 3.54. The number of hydrogen-bond acceptors (Lipinski definition) is 2. The van der Waals surface area contributed by atoms with E-state index in [0.717, 1.165) is 6.54 Å². The van der Waals surface area contributed by atoms with Crippen molar-refractivity contribution in [2.45, 2.75) is 50.5 Å². The van der Waals surface area contributed by atoms with E-state index in [2.05, 4.69) is 10.2 Å². The lowest BCUT2D eigenvalue weighted by Gasteiger charge is -2.37. The van der Waals surface area contributed by atoms with Gasteiger partial charge in [0.1, 0.15) is 5.82 Å². The van der Waals surface area contributed by atoms with E-state index in [9.17, 15) is 4.39 Å². The van der Waals surface area contributed by atoms with Crippen molar-refractivity contribution >= 4 is 0 Å². The van der Waals surface area contributed by atoms with E-state index in [-0.39, 0.29) is 5.82 Å². The number of rotatable bonds is 5. The Morgan fingerprint density at radius 1 is 1.00 bits per heavy atom. The summed E-state index contributed by atoms with van der Waals surface area (Å²) in [5.41, 5.74) is 1.29. The first-order chi connectivity index (χ1) is 10.3. The molecule has 1 saturated heterocycles. The van der Waals surface area contributed by atoms with Crippen molar-refractivity contribution < 1.29 is 4.39 Å². The van der Waals surface area contributed by atoms with E-state index < -0.39 is 0 Å². The van der Waals surface area contributed by atoms with Crippen LogP contribution in [0, 0.1) is 5.82 Å². The Morgan fingerprint density at radius 2 is 1.67 bits per heavy atom. The number of halogens is 1. The van der Waals surface area contributed by atoms with Gasteiger partial charge < -0.3 is 10.2 Å². The Kier molecular flexibility index (Phi) is 5.26. The van der Waals surface area contributed by atoms with Gasteiger partial charge in [-0.15, -0.1) is 0 Å². The lowest BCUT2D eigenvalue weighted by atomic mass is 9.76. The molecule has 0 atom stereocenters. The third-order valence-corrected chi connectivity index (χ3v) is 5.04. The topological polar surface area (TPSA) is 15.3 Å². The van der Waals surface area contributed by atoms with Crippen molar-refractivity contribution in [1.29, 1.82) is 0 Å². The van der Waals surface area contributed by atoms with Crippen molar-refractivity contribution in [3.05, 3.63) is 35.6 Å². The quantitative estimate of drug-likeness (QED) is 0.892. The van der Waals surface area contributed by atoms with Crippen LogP contribution in [0.4, 0.5) is 4.39 Å². The molecule has 0 amide bonds. The van der Waals surface area contributed by atoms with Crippen molar-refractivity contribution in [3.8, 4) is 0 Å². The third kappa shape index (κ3) is 4.27. The molecule has 21 heavy (non-hydrogen) atoms. The van der Waals surface area contributed by atoms with E-state index in [0.29, 0.717) is 12.0 Å². The fraction of sp³-hybridized carbons (Fsp3) is 0.667. The first-order valence-corrected chi connectivity index (χ1v) is 8.52. The third-order valence-electron chi connectivity index (χ3n) is 5.04. The molecular weight excluding hydrogens is 263 g/mol. The number of benzene rings is 1. The zero-order valence-corrected chi connectivity index (χ0v) is 12.9. The maximum absolute atomic E-state index is 12.9. The van der Waals surface area contributed by atoms with Crippen LogP contribution in [-0.4, -0.2) is 37.1 Å². The summed E-state index contributed by atoms with van der Waals surface area (Å²) in [7, 11) is 0. The smallest absolute Gasteiger partial charge is 0.123 e. The number of hydrogen-bond donors (Lipinski definition) is 1. The standard InChI is InChI=1S/C18H27FN2/c19-17-7-5-15(6-8-17)16-13-18(14-16)20-9-12-21-10-3-1-2-4-11-21/h5-8,16,18,20H,1-4,9-14H2. The summed E-state index contributed by atoms with van der Waals surface area (Å²) in [6.45, 7) is 4.87. The van der Waals surface area contributed by atoms with Gasteiger partial charge in [0.05, 0.1) is 0 Å². The van der Waals surface area contributed by atoms with Gasteiger partial charge in [-0.25, -0.2) is 4.39 Å². The SMILES string of the molecule is Fc1ccc(C2CC(NCCN3CCCCCC3)C2)cc1. The highest BCUT2D eigenvalue weighted by Gasteiger charge is 2.29. The van der Waals surface area contributed by atoms with Gasteiger partial charge >= 0.3 is 0 Å². The van der Waals surface area contributed by atoms with Crippen LogP contribution in [0.25, 0.3) is 0 Å². The first kappa shape index (κ1) is 15.0. The van der Waals surface area contributed by atoms with E-state index in [1.165, 1.54) is 63.7 Å². The number of likely N-dealkylation sites (tertiary alicyclic amines) is 1. The summed E-state index contributed by atoms with van der Waals surface area (Å²) in [4.78, 5) is 2.61. The Labute approximate surface area is 127 Å². The first-order valence-electron chi connectivity index (χ1n) is 8.52. The predicted molar refractivity (Wildman–Crippen MR) is 85.1 cm³/mol. The number of nitrogens with zero attached hydrogens (tertiary/aromatic N) is 1. The molecule has 1 heterocycles. The maximum Gasteiger partial charge on any atom is 0.123 e. The van der Waals surface area contributed by atoms with Gasteiger partial charge in [-0.3, -0.25) is 0 Å². The second-order valence-electron chi connectivity index (χ2n) is 6.63. The molecule has 1 aliphatic heterocycles. The van der Waals surface area contributed by atoms with Crippen molar-refractivity contribution in [3.63, 3.8) is 0 Å². The van der Waals surface area contributed by atoms with E-state index in [1.54, 1.807) is 12.1 Å². The highest BCUT2D eigenvalue weighted by Crippen LogP contribution is 2.36. The minimum atomic E-state index is -0.134. The van der Waals surface area contributed by atoms with Gasteiger partial charge in [0.15, 0.2) is 0 Å². The van der Waals surface area contributed by atoms with Crippen LogP contribution in [0.5, 0.6) is 0 Å². The van der Waals surface area contributed by atoms with Crippen molar-refractivity contribution in [2.24, 2.45) is 0 Å². The lowest BCUT2D eigenvalue weighted by Crippen LogP contribution is -2.43. The second kappa shape index (κ2) is 7.37. The summed E-state index contributed by atoms with van der Waals surface area (Å²) < 4.78 is 12.9. The van der Waals surface area contributed by atoms with Gasteiger partial charge in [-0.2, -0.15) is 0 Å². The average Bonchev–Trinajstić information content (AvgIpc) is 2.71. The molecule has 2 nitrogen and oxygen atoms in total. The van der Waals surface area contributed by atoms with E-state index in [4.69, 9.17) is 0 Å². The van der Waals surface area contributed by atoms with Crippen LogP contribution in [0.15, 0.2) is 24.3 Å². The van der Waals surface area contributed by atoms with Crippen LogP contribution in [0.1, 0.15) is 50.0 Å². The minimum absolute atomic E-state index is 0.134. The molecule has 1 aromatic rings. The zero-order valence-electron chi connectivity index (χ0n) is 12.9. The Morgan fingerprint density at radius 3 is 2.33 bits per heavy atom. The minimum Gasteiger partial charge on any atom is -0.313 e. The molecule has 0 aromatic heterocycles. The fourth-order valence-electron chi connectivity index (χ4n) is 3.58. The highest BCUT2D eigenvalue weighted by molar-refractivity contribution is 5.23. The molecule has 3 rings (SSSR count). The summed E-state index contributed by atoms with van der Waals surface area (Å²) >= 11 is 0. The summed E-state index contributed by atoms with van der Waals surface area (Å²) in [5.74, 6) is 0.492. The van der Waals surface area contributed by atoms with E-state index >= 15 is 0 Å². The van der Waals surface area contributed by atoms with Crippen LogP contribution < -0.4 is 5.32 Å². The number of nitrogens with one attached hydrogen (secondary N) is 1. The molecular formula is C18H27FN2. The maximum atomic E-state index is 12.9. The van der Waals surface area contributed by atoms with Crippen molar-refractivity contribution in [1.82, 2.24) is 10.2 Å². The monoisotopic (exact) mass is 290 g/mol. The normalized spacial score (nSPS) is 27.1. The van der Waals surface area contributed by atoms with Gasteiger partial charge in [-0.1, -0.05) is 25.0 Å². The molecule has 2 fully saturated rings. The molecule has 1 aliphatic carbocycles. The van der Waals surface area contributed by atoms with Crippen LogP contribution in [0.3, 0.4) is 0 Å². The molecule has 0 unspecified atom stereocenters. The zero-order chi connectivity index (χ0) is 14.5. The molecule has 0 spiro atoms. The Balaban J connectivity index is 1.32. The molecule has 1 saturated carbocycles. The van der Waals surface area contributed by atoms with E-state index in [1.807, 2.05) is 12.1 Å². The molecule has 1 N–H and O–H groups in total. The van der Waals surface area contributed by atoms with Crippen LogP contribution >= 0.6 is 0 Å². The lowest BCUT2D eigenvalue weighted by molar-refractivity contribution is 0.248. The molecule has 0 bridgehead atoms. The summed E-state index contributed by atoms with van der Waals surface area (Å²) in [5, 5.41) is 3.68. The summed E-state index contributed by atoms with van der Waals surface area (Å²) in [6.07, 6.45) is 7.96. The molecule has 1 aromatic carbocycles. The average molecular weight is 290 g/mol. The molecule has 2 aliphatic rings. The summed E-state index contributed by atoms with van der Waals surface area (Å²) in [6, 6.07) is 7.69. The second-order valence-corrected chi connectivity index (χ2v) is 6.63. The van der Waals surface area contributed by atoms with Crippen molar-refractivity contribution in [2.75, 3.05) is 26.2 Å². The van der Waals surface area contributed by atoms with Gasteiger partial charge in [0.2, 0.25) is 0 Å². The molecule has 0 radical (unpaired) electrons. The van der Waals surface area contributed by atoms with Crippen LogP contribution in [0.2, 0.25) is 0 Å². The largest absolute Gasteiger partial charge is 0.313 e. The van der Waals surface area contributed by atoms with Gasteiger partial charge in [0.25, 0.3) is 0 Å². The Bertz CT molecular complexity index is 417. The fourth-order valence-corrected chi connectivity index (χ4v) is 3.58. The van der Waals surface area contributed by atoms with Gasteiger partial charge in [0, 0.05) is 19.1 Å². The molecule has 116 valence electrons. The van der Waals surface area contributed by atoms with Gasteiger partial charge in [-0.05, 0) is 62.4 Å². The molecule has 3 heteroatoms. The highest BCUT2D eigenvalue weighted by atomic mass is 19.1. The van der Waals surface area contributed by atoms with Crippen LogP contribution in [-0.2, 0) is 0 Å². The Hall–Kier alpha value is -0.930.